The molecule has 0 saturated carbocycles. The van der Waals surface area contributed by atoms with Crippen LogP contribution in [-0.2, 0) is 6.18 Å². The van der Waals surface area contributed by atoms with E-state index in [0.29, 0.717) is 17.3 Å². The van der Waals surface area contributed by atoms with E-state index in [1.54, 1.807) is 13.2 Å². The molecular weight excluding hydrogens is 225 g/mol. The van der Waals surface area contributed by atoms with Crippen molar-refractivity contribution >= 4 is 11.8 Å². The van der Waals surface area contributed by atoms with E-state index in [1.807, 2.05) is 0 Å². The maximum Gasteiger partial charge on any atom is 0.416 e. The van der Waals surface area contributed by atoms with Gasteiger partial charge in [0.15, 0.2) is 0 Å². The number of ether oxygens (including phenoxy) is 1. The van der Waals surface area contributed by atoms with Crippen LogP contribution >= 0.6 is 11.8 Å². The topological polar surface area (TPSA) is 9.23 Å². The molecule has 0 heterocycles. The van der Waals surface area contributed by atoms with Gasteiger partial charge in [0.2, 0.25) is 0 Å². The summed E-state index contributed by atoms with van der Waals surface area (Å²) >= 11 is 1.36. The van der Waals surface area contributed by atoms with Crippen LogP contribution in [-0.4, -0.2) is 12.9 Å². The predicted molar refractivity (Wildman–Crippen MR) is 54.4 cm³/mol. The van der Waals surface area contributed by atoms with Gasteiger partial charge in [-0.15, -0.1) is 11.8 Å². The zero-order valence-corrected chi connectivity index (χ0v) is 9.21. The van der Waals surface area contributed by atoms with E-state index in [4.69, 9.17) is 4.74 Å². The van der Waals surface area contributed by atoms with E-state index < -0.39 is 11.7 Å². The van der Waals surface area contributed by atoms with Crippen molar-refractivity contribution in [1.29, 1.82) is 0 Å². The monoisotopic (exact) mass is 236 g/mol. The normalized spacial score (nSPS) is 11.5. The molecule has 0 spiro atoms. The van der Waals surface area contributed by atoms with E-state index in [2.05, 4.69) is 0 Å². The Balaban J connectivity index is 3.10. The molecule has 1 nitrogen and oxygen atoms in total. The molecule has 1 aromatic rings. The third-order valence-electron chi connectivity index (χ3n) is 1.79. The molecule has 0 bridgehead atoms. The quantitative estimate of drug-likeness (QED) is 0.738. The maximum atomic E-state index is 12.4. The number of rotatable bonds is 3. The van der Waals surface area contributed by atoms with Crippen molar-refractivity contribution in [3.05, 3.63) is 23.8 Å². The Kier molecular flexibility index (Phi) is 3.90. The van der Waals surface area contributed by atoms with Crippen molar-refractivity contribution in [2.24, 2.45) is 0 Å². The molecule has 5 heteroatoms. The van der Waals surface area contributed by atoms with Gasteiger partial charge in [0.25, 0.3) is 0 Å². The van der Waals surface area contributed by atoms with Gasteiger partial charge in [0.1, 0.15) is 5.75 Å². The van der Waals surface area contributed by atoms with Gasteiger partial charge in [0, 0.05) is 4.90 Å². The molecule has 15 heavy (non-hydrogen) atoms. The van der Waals surface area contributed by atoms with E-state index in [1.165, 1.54) is 17.8 Å². The summed E-state index contributed by atoms with van der Waals surface area (Å²) in [4.78, 5) is 0.713. The van der Waals surface area contributed by atoms with Gasteiger partial charge in [0.05, 0.1) is 12.2 Å². The van der Waals surface area contributed by atoms with Crippen molar-refractivity contribution in [2.45, 2.75) is 18.0 Å². The minimum atomic E-state index is -4.32. The van der Waals surface area contributed by atoms with E-state index in [-0.39, 0.29) is 0 Å². The highest BCUT2D eigenvalue weighted by atomic mass is 32.2. The molecule has 0 atom stereocenters. The Morgan fingerprint density at radius 2 is 2.00 bits per heavy atom. The van der Waals surface area contributed by atoms with E-state index >= 15 is 0 Å². The predicted octanol–water partition coefficient (Wildman–Crippen LogP) is 3.83. The summed E-state index contributed by atoms with van der Waals surface area (Å²) in [5, 5.41) is 0. The van der Waals surface area contributed by atoms with Crippen molar-refractivity contribution in [3.63, 3.8) is 0 Å². The highest BCUT2D eigenvalue weighted by molar-refractivity contribution is 7.98. The van der Waals surface area contributed by atoms with Crippen LogP contribution in [0.3, 0.4) is 0 Å². The van der Waals surface area contributed by atoms with Crippen LogP contribution in [0.15, 0.2) is 23.1 Å². The Labute approximate surface area is 90.6 Å². The minimum Gasteiger partial charge on any atom is -0.493 e. The zero-order valence-electron chi connectivity index (χ0n) is 8.39. The average molecular weight is 236 g/mol. The maximum absolute atomic E-state index is 12.4. The molecule has 0 unspecified atom stereocenters. The van der Waals surface area contributed by atoms with Crippen LogP contribution in [0.2, 0.25) is 0 Å². The average Bonchev–Trinajstić information content (AvgIpc) is 2.17. The summed E-state index contributed by atoms with van der Waals surface area (Å²) in [5.74, 6) is 0.292. The molecule has 0 aliphatic rings. The first-order chi connectivity index (χ1) is 6.99. The summed E-state index contributed by atoms with van der Waals surface area (Å²) in [6.07, 6.45) is -2.52. The molecule has 84 valence electrons. The smallest absolute Gasteiger partial charge is 0.416 e. The SMILES string of the molecule is CCOc1cc(C(F)(F)F)ccc1SC. The molecule has 1 aromatic carbocycles. The van der Waals surface area contributed by atoms with Crippen LogP contribution in [0.4, 0.5) is 13.2 Å². The third kappa shape index (κ3) is 3.06. The molecule has 0 saturated heterocycles. The van der Waals surface area contributed by atoms with Crippen molar-refractivity contribution in [1.82, 2.24) is 0 Å². The van der Waals surface area contributed by atoms with E-state index in [9.17, 15) is 13.2 Å². The molecular formula is C10H11F3OS. The first-order valence-corrected chi connectivity index (χ1v) is 5.59. The first-order valence-electron chi connectivity index (χ1n) is 4.37. The second kappa shape index (κ2) is 4.79. The van der Waals surface area contributed by atoms with Gasteiger partial charge < -0.3 is 4.74 Å². The van der Waals surface area contributed by atoms with Gasteiger partial charge in [-0.3, -0.25) is 0 Å². The Hall–Kier alpha value is -0.840. The molecule has 0 amide bonds. The van der Waals surface area contributed by atoms with Gasteiger partial charge in [-0.05, 0) is 31.4 Å². The molecule has 0 aliphatic heterocycles. The lowest BCUT2D eigenvalue weighted by atomic mass is 10.2. The Morgan fingerprint density at radius 3 is 2.47 bits per heavy atom. The second-order valence-electron chi connectivity index (χ2n) is 2.80. The number of hydrogen-bond donors (Lipinski definition) is 0. The molecule has 0 radical (unpaired) electrons. The number of benzene rings is 1. The summed E-state index contributed by atoms with van der Waals surface area (Å²) < 4.78 is 42.3. The molecule has 0 aliphatic carbocycles. The fraction of sp³-hybridized carbons (Fsp3) is 0.400. The van der Waals surface area contributed by atoms with E-state index in [0.717, 1.165) is 12.1 Å². The molecule has 0 N–H and O–H groups in total. The summed E-state index contributed by atoms with van der Waals surface area (Å²) in [6, 6.07) is 3.53. The second-order valence-corrected chi connectivity index (χ2v) is 3.64. The Morgan fingerprint density at radius 1 is 1.33 bits per heavy atom. The lowest BCUT2D eigenvalue weighted by Gasteiger charge is -2.12. The van der Waals surface area contributed by atoms with Crippen LogP contribution in [0.25, 0.3) is 0 Å². The van der Waals surface area contributed by atoms with Crippen LogP contribution in [0.5, 0.6) is 5.75 Å². The molecule has 0 aromatic heterocycles. The fourth-order valence-corrected chi connectivity index (χ4v) is 1.64. The van der Waals surface area contributed by atoms with Crippen molar-refractivity contribution in [3.8, 4) is 5.75 Å². The summed E-state index contributed by atoms with van der Waals surface area (Å²) in [5.41, 5.74) is -0.677. The van der Waals surface area contributed by atoms with Gasteiger partial charge in [-0.2, -0.15) is 13.2 Å². The number of halogens is 3. The lowest BCUT2D eigenvalue weighted by Crippen LogP contribution is -2.05. The highest BCUT2D eigenvalue weighted by Gasteiger charge is 2.31. The van der Waals surface area contributed by atoms with Gasteiger partial charge in [-0.1, -0.05) is 0 Å². The number of thioether (sulfide) groups is 1. The van der Waals surface area contributed by atoms with Gasteiger partial charge >= 0.3 is 6.18 Å². The highest BCUT2D eigenvalue weighted by Crippen LogP contribution is 2.35. The van der Waals surface area contributed by atoms with Crippen molar-refractivity contribution < 1.29 is 17.9 Å². The minimum absolute atomic E-state index is 0.292. The Bertz CT molecular complexity index is 336. The fourth-order valence-electron chi connectivity index (χ4n) is 1.12. The first kappa shape index (κ1) is 12.2. The zero-order chi connectivity index (χ0) is 11.5. The third-order valence-corrected chi connectivity index (χ3v) is 2.57. The van der Waals surface area contributed by atoms with Crippen LogP contribution in [0, 0.1) is 0 Å². The lowest BCUT2D eigenvalue weighted by molar-refractivity contribution is -0.137. The molecule has 1 rings (SSSR count). The summed E-state index contributed by atoms with van der Waals surface area (Å²) in [7, 11) is 0. The standard InChI is InChI=1S/C10H11F3OS/c1-3-14-8-6-7(10(11,12)13)4-5-9(8)15-2/h4-6H,3H2,1-2H3. The molecule has 0 fully saturated rings. The largest absolute Gasteiger partial charge is 0.493 e. The van der Waals surface area contributed by atoms with Crippen molar-refractivity contribution in [2.75, 3.05) is 12.9 Å². The number of alkyl halides is 3. The van der Waals surface area contributed by atoms with Crippen LogP contribution < -0.4 is 4.74 Å². The summed E-state index contributed by atoms with van der Waals surface area (Å²) in [6.45, 7) is 2.10. The number of hydrogen-bond acceptors (Lipinski definition) is 2. The van der Waals surface area contributed by atoms with Crippen LogP contribution in [0.1, 0.15) is 12.5 Å². The van der Waals surface area contributed by atoms with Gasteiger partial charge in [-0.25, -0.2) is 0 Å².